The van der Waals surface area contributed by atoms with E-state index in [1.54, 1.807) is 12.1 Å². The first-order chi connectivity index (χ1) is 11.4. The van der Waals surface area contributed by atoms with Crippen molar-refractivity contribution in [3.05, 3.63) is 17.8 Å². The molecule has 5 rings (SSSR count). The Kier molecular flexibility index (Phi) is 3.77. The Morgan fingerprint density at radius 2 is 1.67 bits per heavy atom. The number of halogens is 3. The van der Waals surface area contributed by atoms with Gasteiger partial charge in [-0.3, -0.25) is 4.79 Å². The van der Waals surface area contributed by atoms with Gasteiger partial charge in [0.25, 0.3) is 0 Å². The topological polar surface area (TPSA) is 54.9 Å². The number of anilines is 1. The van der Waals surface area contributed by atoms with Crippen molar-refractivity contribution in [2.24, 2.45) is 23.7 Å². The van der Waals surface area contributed by atoms with Crippen molar-refractivity contribution in [1.29, 1.82) is 0 Å². The molecule has 4 aliphatic carbocycles. The molecule has 0 radical (unpaired) electrons. The van der Waals surface area contributed by atoms with Gasteiger partial charge in [-0.25, -0.2) is 0 Å². The zero-order valence-corrected chi connectivity index (χ0v) is 13.2. The monoisotopic (exact) mass is 339 g/mol. The molecule has 1 amide bonds. The van der Waals surface area contributed by atoms with Crippen LogP contribution in [0.1, 0.15) is 50.1 Å². The summed E-state index contributed by atoms with van der Waals surface area (Å²) in [5.74, 6) is -2.99. The number of aromatic nitrogens is 2. The Hall–Kier alpha value is -1.66. The van der Waals surface area contributed by atoms with E-state index in [1.807, 2.05) is 0 Å². The molecule has 4 fully saturated rings. The van der Waals surface area contributed by atoms with Crippen LogP contribution >= 0.6 is 0 Å². The zero-order valence-electron chi connectivity index (χ0n) is 13.2. The lowest BCUT2D eigenvalue weighted by molar-refractivity contribution is -0.227. The Morgan fingerprint density at radius 3 is 2.21 bits per heavy atom. The second-order valence-corrected chi connectivity index (χ2v) is 7.38. The van der Waals surface area contributed by atoms with Crippen molar-refractivity contribution in [3.8, 4) is 0 Å². The van der Waals surface area contributed by atoms with Crippen molar-refractivity contribution in [3.63, 3.8) is 0 Å². The second-order valence-electron chi connectivity index (χ2n) is 7.38. The van der Waals surface area contributed by atoms with E-state index in [2.05, 4.69) is 15.5 Å². The van der Waals surface area contributed by atoms with E-state index in [9.17, 15) is 18.0 Å². The van der Waals surface area contributed by atoms with Gasteiger partial charge in [0, 0.05) is 5.92 Å². The van der Waals surface area contributed by atoms with Crippen LogP contribution in [-0.2, 0) is 4.79 Å². The summed E-state index contributed by atoms with van der Waals surface area (Å²) in [6.07, 6.45) is 0.442. The average Bonchev–Trinajstić information content (AvgIpc) is 3.40. The minimum absolute atomic E-state index is 0.180. The lowest BCUT2D eigenvalue weighted by Crippen LogP contribution is -2.51. The van der Waals surface area contributed by atoms with Gasteiger partial charge in [0.15, 0.2) is 5.82 Å². The first-order valence-corrected chi connectivity index (χ1v) is 8.64. The van der Waals surface area contributed by atoms with Crippen LogP contribution < -0.4 is 5.32 Å². The molecule has 24 heavy (non-hydrogen) atoms. The summed E-state index contributed by atoms with van der Waals surface area (Å²) >= 11 is 0. The Bertz CT molecular complexity index is 619. The zero-order chi connectivity index (χ0) is 16.9. The maximum atomic E-state index is 13.5. The van der Waals surface area contributed by atoms with Crippen LogP contribution in [0.4, 0.5) is 19.0 Å². The summed E-state index contributed by atoms with van der Waals surface area (Å²) in [6.45, 7) is 0. The molecule has 0 saturated heterocycles. The van der Waals surface area contributed by atoms with Gasteiger partial charge in [-0.1, -0.05) is 0 Å². The van der Waals surface area contributed by atoms with E-state index >= 15 is 0 Å². The molecule has 2 atom stereocenters. The fourth-order valence-electron chi connectivity index (χ4n) is 4.51. The third kappa shape index (κ3) is 2.89. The normalized spacial score (nSPS) is 32.6. The predicted molar refractivity (Wildman–Crippen MR) is 81.1 cm³/mol. The van der Waals surface area contributed by atoms with Gasteiger partial charge in [0.1, 0.15) is 0 Å². The smallest absolute Gasteiger partial charge is 0.309 e. The maximum Gasteiger partial charge on any atom is 0.392 e. The summed E-state index contributed by atoms with van der Waals surface area (Å²) in [4.78, 5) is 12.6. The number of carbonyl (C=O) groups excluding carboxylic acids is 1. The summed E-state index contributed by atoms with van der Waals surface area (Å²) in [5, 5.41) is 10.6. The van der Waals surface area contributed by atoms with Crippen molar-refractivity contribution < 1.29 is 18.0 Å². The minimum Gasteiger partial charge on any atom is -0.309 e. The number of carbonyl (C=O) groups is 1. The van der Waals surface area contributed by atoms with Gasteiger partial charge < -0.3 is 5.32 Å². The van der Waals surface area contributed by atoms with E-state index in [0.717, 1.165) is 18.5 Å². The van der Waals surface area contributed by atoms with Gasteiger partial charge in [-0.15, -0.1) is 5.10 Å². The highest BCUT2D eigenvalue weighted by atomic mass is 19.4. The molecule has 0 aliphatic heterocycles. The third-order valence-electron chi connectivity index (χ3n) is 5.83. The Labute approximate surface area is 138 Å². The van der Waals surface area contributed by atoms with Gasteiger partial charge in [-0.2, -0.15) is 18.3 Å². The van der Waals surface area contributed by atoms with Gasteiger partial charge in [0.05, 0.1) is 17.5 Å². The van der Waals surface area contributed by atoms with Crippen molar-refractivity contribution in [1.82, 2.24) is 10.2 Å². The summed E-state index contributed by atoms with van der Waals surface area (Å²) in [7, 11) is 0. The fourth-order valence-corrected chi connectivity index (χ4v) is 4.51. The van der Waals surface area contributed by atoms with E-state index in [1.165, 1.54) is 0 Å². The molecule has 4 nitrogen and oxygen atoms in total. The van der Waals surface area contributed by atoms with E-state index < -0.39 is 29.8 Å². The lowest BCUT2D eigenvalue weighted by Gasteiger charge is -2.48. The molecule has 0 aromatic carbocycles. The predicted octanol–water partition coefficient (Wildman–Crippen LogP) is 3.91. The number of alkyl halides is 3. The van der Waals surface area contributed by atoms with Crippen molar-refractivity contribution in [2.45, 2.75) is 50.6 Å². The quantitative estimate of drug-likeness (QED) is 0.908. The highest BCUT2D eigenvalue weighted by Gasteiger charge is 2.58. The highest BCUT2D eigenvalue weighted by molar-refractivity contribution is 5.92. The minimum atomic E-state index is -4.33. The number of rotatable bonds is 3. The molecule has 0 unspecified atom stereocenters. The van der Waals surface area contributed by atoms with Crippen LogP contribution in [0.5, 0.6) is 0 Å². The number of nitrogens with zero attached hydrogens (tertiary/aromatic N) is 2. The maximum absolute atomic E-state index is 13.5. The molecule has 1 aromatic rings. The molecule has 1 N–H and O–H groups in total. The number of nitrogens with one attached hydrogen (secondary N) is 1. The summed E-state index contributed by atoms with van der Waals surface area (Å²) in [6, 6.07) is 3.44. The molecular formula is C17H20F3N3O. The Balaban J connectivity index is 1.51. The largest absolute Gasteiger partial charge is 0.392 e. The molecule has 1 aromatic heterocycles. The molecule has 130 valence electrons. The van der Waals surface area contributed by atoms with Crippen molar-refractivity contribution >= 4 is 11.7 Å². The standard InChI is InChI=1S/C17H20F3N3O/c18-17(19,20)15-11-5-3-10(4-6-11)14(15)16(24)21-13-8-7-12(22-23-13)9-1-2-9/h7-11,14-15H,1-6H2,(H,21,23,24)/t10?,11?,14-,15-/m0/s1. The van der Waals surface area contributed by atoms with Crippen LogP contribution in [0.25, 0.3) is 0 Å². The molecule has 4 saturated carbocycles. The van der Waals surface area contributed by atoms with Crippen LogP contribution in [-0.4, -0.2) is 22.3 Å². The number of amides is 1. The van der Waals surface area contributed by atoms with Crippen LogP contribution in [0.3, 0.4) is 0 Å². The van der Waals surface area contributed by atoms with E-state index in [0.29, 0.717) is 31.6 Å². The molecular weight excluding hydrogens is 319 g/mol. The molecule has 7 heteroatoms. The average molecular weight is 339 g/mol. The number of hydrogen-bond donors (Lipinski definition) is 1. The van der Waals surface area contributed by atoms with Gasteiger partial charge in [0.2, 0.25) is 5.91 Å². The van der Waals surface area contributed by atoms with Crippen molar-refractivity contribution in [2.75, 3.05) is 5.32 Å². The summed E-state index contributed by atoms with van der Waals surface area (Å²) < 4.78 is 40.5. The molecule has 1 heterocycles. The van der Waals surface area contributed by atoms with Gasteiger partial charge >= 0.3 is 6.18 Å². The van der Waals surface area contributed by atoms with E-state index in [-0.39, 0.29) is 11.7 Å². The van der Waals surface area contributed by atoms with E-state index in [4.69, 9.17) is 0 Å². The third-order valence-corrected chi connectivity index (χ3v) is 5.83. The first kappa shape index (κ1) is 15.8. The fraction of sp³-hybridized carbons (Fsp3) is 0.706. The number of fused-ring (bicyclic) bond motifs is 3. The first-order valence-electron chi connectivity index (χ1n) is 8.64. The summed E-state index contributed by atoms with van der Waals surface area (Å²) in [5.41, 5.74) is 0.887. The SMILES string of the molecule is O=C(Nc1ccc(C2CC2)nn1)[C@H]1C2CCC(CC2)[C@@H]1C(F)(F)F. The van der Waals surface area contributed by atoms with Crippen LogP contribution in [0.2, 0.25) is 0 Å². The second kappa shape index (κ2) is 5.70. The van der Waals surface area contributed by atoms with Crippen LogP contribution in [0, 0.1) is 23.7 Å². The molecule has 0 spiro atoms. The molecule has 4 aliphatic rings. The number of hydrogen-bond acceptors (Lipinski definition) is 3. The Morgan fingerprint density at radius 1 is 1.00 bits per heavy atom. The van der Waals surface area contributed by atoms with Gasteiger partial charge in [-0.05, 0) is 62.5 Å². The van der Waals surface area contributed by atoms with Crippen LogP contribution in [0.15, 0.2) is 12.1 Å². The highest BCUT2D eigenvalue weighted by Crippen LogP contribution is 2.54. The lowest BCUT2D eigenvalue weighted by atomic mass is 9.58. The molecule has 2 bridgehead atoms.